The van der Waals surface area contributed by atoms with E-state index in [4.69, 9.17) is 4.74 Å². The van der Waals surface area contributed by atoms with Crippen molar-refractivity contribution in [1.29, 1.82) is 0 Å². The molecular formula is C13H24N2O3. The molecule has 0 aromatic carbocycles. The van der Waals surface area contributed by atoms with E-state index in [1.54, 1.807) is 0 Å². The third kappa shape index (κ3) is 3.67. The Morgan fingerprint density at radius 3 is 2.94 bits per heavy atom. The van der Waals surface area contributed by atoms with Gasteiger partial charge in [0, 0.05) is 32.6 Å². The number of ether oxygens (including phenoxy) is 1. The molecule has 1 heterocycles. The van der Waals surface area contributed by atoms with Gasteiger partial charge in [-0.3, -0.25) is 9.69 Å². The van der Waals surface area contributed by atoms with Gasteiger partial charge in [0.1, 0.15) is 0 Å². The summed E-state index contributed by atoms with van der Waals surface area (Å²) in [4.78, 5) is 13.2. The van der Waals surface area contributed by atoms with E-state index in [1.165, 1.54) is 13.3 Å². The summed E-state index contributed by atoms with van der Waals surface area (Å²) in [5, 5.41) is 12.9. The van der Waals surface area contributed by atoms with Crippen molar-refractivity contribution in [2.24, 2.45) is 0 Å². The van der Waals surface area contributed by atoms with Crippen LogP contribution in [-0.4, -0.2) is 60.4 Å². The number of amides is 1. The van der Waals surface area contributed by atoms with Crippen LogP contribution in [-0.2, 0) is 9.53 Å². The maximum absolute atomic E-state index is 10.9. The van der Waals surface area contributed by atoms with E-state index in [2.05, 4.69) is 10.2 Å². The van der Waals surface area contributed by atoms with Crippen LogP contribution in [0, 0.1) is 0 Å². The molecular weight excluding hydrogens is 232 g/mol. The molecule has 2 aliphatic rings. The molecule has 5 heteroatoms. The SMILES string of the molecule is CC(=O)NC[C@H]1CN([C@@H]2CCCC[C@@H]2O)CCO1. The van der Waals surface area contributed by atoms with Crippen molar-refractivity contribution in [3.8, 4) is 0 Å². The van der Waals surface area contributed by atoms with Crippen LogP contribution in [0.15, 0.2) is 0 Å². The first-order valence-electron chi connectivity index (χ1n) is 6.95. The highest BCUT2D eigenvalue weighted by Crippen LogP contribution is 2.24. The summed E-state index contributed by atoms with van der Waals surface area (Å²) in [5.74, 6) is -0.0200. The van der Waals surface area contributed by atoms with Gasteiger partial charge < -0.3 is 15.2 Å². The largest absolute Gasteiger partial charge is 0.391 e. The van der Waals surface area contributed by atoms with Gasteiger partial charge in [-0.2, -0.15) is 0 Å². The van der Waals surface area contributed by atoms with Crippen molar-refractivity contribution in [2.45, 2.75) is 50.9 Å². The quantitative estimate of drug-likeness (QED) is 0.753. The van der Waals surface area contributed by atoms with Gasteiger partial charge in [0.05, 0.1) is 18.8 Å². The third-order valence-electron chi connectivity index (χ3n) is 3.91. The molecule has 1 amide bonds. The zero-order valence-electron chi connectivity index (χ0n) is 11.1. The fourth-order valence-corrected chi connectivity index (χ4v) is 2.94. The van der Waals surface area contributed by atoms with Crippen LogP contribution in [0.3, 0.4) is 0 Å². The first-order chi connectivity index (χ1) is 8.66. The van der Waals surface area contributed by atoms with Crippen LogP contribution in [0.25, 0.3) is 0 Å². The van der Waals surface area contributed by atoms with E-state index in [-0.39, 0.29) is 24.2 Å². The van der Waals surface area contributed by atoms with Gasteiger partial charge in [0.2, 0.25) is 5.91 Å². The van der Waals surface area contributed by atoms with E-state index >= 15 is 0 Å². The zero-order valence-corrected chi connectivity index (χ0v) is 11.1. The molecule has 2 rings (SSSR count). The smallest absolute Gasteiger partial charge is 0.216 e. The molecule has 104 valence electrons. The summed E-state index contributed by atoms with van der Waals surface area (Å²) in [6, 6.07) is 0.280. The van der Waals surface area contributed by atoms with E-state index in [0.717, 1.165) is 32.4 Å². The first-order valence-corrected chi connectivity index (χ1v) is 6.95. The Bertz CT molecular complexity index is 285. The molecule has 1 saturated heterocycles. The van der Waals surface area contributed by atoms with Crippen molar-refractivity contribution >= 4 is 5.91 Å². The summed E-state index contributed by atoms with van der Waals surface area (Å²) in [6.07, 6.45) is 4.19. The summed E-state index contributed by atoms with van der Waals surface area (Å²) in [7, 11) is 0. The van der Waals surface area contributed by atoms with E-state index in [0.29, 0.717) is 13.2 Å². The van der Waals surface area contributed by atoms with Crippen LogP contribution < -0.4 is 5.32 Å². The monoisotopic (exact) mass is 256 g/mol. The van der Waals surface area contributed by atoms with Crippen molar-refractivity contribution in [2.75, 3.05) is 26.2 Å². The van der Waals surface area contributed by atoms with Crippen LogP contribution >= 0.6 is 0 Å². The molecule has 0 spiro atoms. The number of morpholine rings is 1. The fraction of sp³-hybridized carbons (Fsp3) is 0.923. The van der Waals surface area contributed by atoms with Crippen LogP contribution in [0.2, 0.25) is 0 Å². The Labute approximate surface area is 108 Å². The number of hydrogen-bond acceptors (Lipinski definition) is 4. The van der Waals surface area contributed by atoms with Gasteiger partial charge in [-0.05, 0) is 12.8 Å². The predicted octanol–water partition coefficient (Wildman–Crippen LogP) is 0.127. The molecule has 3 atom stereocenters. The lowest BCUT2D eigenvalue weighted by molar-refractivity contribution is -0.120. The Hall–Kier alpha value is -0.650. The van der Waals surface area contributed by atoms with Gasteiger partial charge in [0.25, 0.3) is 0 Å². The predicted molar refractivity (Wildman–Crippen MR) is 68.3 cm³/mol. The van der Waals surface area contributed by atoms with Gasteiger partial charge in [0.15, 0.2) is 0 Å². The number of aliphatic hydroxyl groups is 1. The second kappa shape index (κ2) is 6.50. The number of rotatable bonds is 3. The second-order valence-electron chi connectivity index (χ2n) is 5.34. The van der Waals surface area contributed by atoms with Gasteiger partial charge >= 0.3 is 0 Å². The van der Waals surface area contributed by atoms with Crippen LogP contribution in [0.5, 0.6) is 0 Å². The van der Waals surface area contributed by atoms with E-state index < -0.39 is 0 Å². The van der Waals surface area contributed by atoms with Crippen molar-refractivity contribution in [1.82, 2.24) is 10.2 Å². The normalized spacial score (nSPS) is 34.2. The number of carbonyl (C=O) groups is 1. The molecule has 0 unspecified atom stereocenters. The molecule has 0 bridgehead atoms. The van der Waals surface area contributed by atoms with Crippen molar-refractivity contribution in [3.63, 3.8) is 0 Å². The summed E-state index contributed by atoms with van der Waals surface area (Å²) >= 11 is 0. The molecule has 2 N–H and O–H groups in total. The highest BCUT2D eigenvalue weighted by Gasteiger charge is 2.32. The lowest BCUT2D eigenvalue weighted by atomic mass is 9.91. The molecule has 0 aromatic heterocycles. The first kappa shape index (κ1) is 13.8. The molecule has 1 aliphatic heterocycles. The number of nitrogens with one attached hydrogen (secondary N) is 1. The molecule has 0 radical (unpaired) electrons. The van der Waals surface area contributed by atoms with E-state index in [9.17, 15) is 9.90 Å². The van der Waals surface area contributed by atoms with Crippen LogP contribution in [0.4, 0.5) is 0 Å². The van der Waals surface area contributed by atoms with Crippen LogP contribution in [0.1, 0.15) is 32.6 Å². The Morgan fingerprint density at radius 1 is 1.44 bits per heavy atom. The number of hydrogen-bond donors (Lipinski definition) is 2. The second-order valence-corrected chi connectivity index (χ2v) is 5.34. The van der Waals surface area contributed by atoms with Gasteiger partial charge in [-0.15, -0.1) is 0 Å². The Morgan fingerprint density at radius 2 is 2.22 bits per heavy atom. The minimum absolute atomic E-state index is 0.0200. The van der Waals surface area contributed by atoms with Crippen molar-refractivity contribution < 1.29 is 14.6 Å². The molecule has 1 saturated carbocycles. The molecule has 2 fully saturated rings. The number of aliphatic hydroxyl groups excluding tert-OH is 1. The number of nitrogens with zero attached hydrogens (tertiary/aromatic N) is 1. The average Bonchev–Trinajstić information content (AvgIpc) is 2.37. The highest BCUT2D eigenvalue weighted by atomic mass is 16.5. The average molecular weight is 256 g/mol. The summed E-state index contributed by atoms with van der Waals surface area (Å²) in [6.45, 7) is 4.47. The minimum atomic E-state index is -0.196. The summed E-state index contributed by atoms with van der Waals surface area (Å²) < 4.78 is 5.65. The Balaban J connectivity index is 1.83. The third-order valence-corrected chi connectivity index (χ3v) is 3.91. The molecule has 0 aromatic rings. The zero-order chi connectivity index (χ0) is 13.0. The van der Waals surface area contributed by atoms with Crippen molar-refractivity contribution in [3.05, 3.63) is 0 Å². The lowest BCUT2D eigenvalue weighted by Crippen LogP contribution is -2.54. The van der Waals surface area contributed by atoms with Gasteiger partial charge in [-0.1, -0.05) is 12.8 Å². The minimum Gasteiger partial charge on any atom is -0.391 e. The summed E-state index contributed by atoms with van der Waals surface area (Å²) in [5.41, 5.74) is 0. The Kier molecular flexibility index (Phi) is 4.97. The maximum Gasteiger partial charge on any atom is 0.216 e. The fourth-order valence-electron chi connectivity index (χ4n) is 2.94. The standard InChI is InChI=1S/C13H24N2O3/c1-10(16)14-8-11-9-15(6-7-18-11)12-4-2-3-5-13(12)17/h11-13,17H,2-9H2,1H3,(H,14,16)/t11-,12+,13-/m0/s1. The molecule has 1 aliphatic carbocycles. The number of carbonyl (C=O) groups excluding carboxylic acids is 1. The molecule has 5 nitrogen and oxygen atoms in total. The lowest BCUT2D eigenvalue weighted by Gasteiger charge is -2.42. The topological polar surface area (TPSA) is 61.8 Å². The van der Waals surface area contributed by atoms with E-state index in [1.807, 2.05) is 0 Å². The molecule has 18 heavy (non-hydrogen) atoms. The highest BCUT2D eigenvalue weighted by molar-refractivity contribution is 5.72. The maximum atomic E-state index is 10.9. The van der Waals surface area contributed by atoms with Gasteiger partial charge in [-0.25, -0.2) is 0 Å².